The number of likely N-dealkylation sites (tertiary alicyclic amines) is 1. The monoisotopic (exact) mass is 386 g/mol. The van der Waals surface area contributed by atoms with Gasteiger partial charge in [0.05, 0.1) is 22.5 Å². The third-order valence-electron chi connectivity index (χ3n) is 6.62. The summed E-state index contributed by atoms with van der Waals surface area (Å²) in [6, 6.07) is 8.21. The Kier molecular flexibility index (Phi) is 4.16. The summed E-state index contributed by atoms with van der Waals surface area (Å²) in [6.45, 7) is 7.49. The molecule has 1 saturated heterocycles. The Labute approximate surface area is 171 Å². The van der Waals surface area contributed by atoms with Crippen molar-refractivity contribution in [3.63, 3.8) is 0 Å². The number of aromatic nitrogens is 3. The normalized spacial score (nSPS) is 21.0. The summed E-state index contributed by atoms with van der Waals surface area (Å²) in [6.07, 6.45) is 6.14. The van der Waals surface area contributed by atoms with E-state index in [9.17, 15) is 4.79 Å². The molecule has 1 atom stereocenters. The molecule has 2 aliphatic rings. The molecule has 1 fully saturated rings. The predicted octanol–water partition coefficient (Wildman–Crippen LogP) is 4.07. The summed E-state index contributed by atoms with van der Waals surface area (Å²) in [5.41, 5.74) is 6.04. The minimum atomic E-state index is -0.0221. The second-order valence-corrected chi connectivity index (χ2v) is 8.72. The average molecular weight is 386 g/mol. The Morgan fingerprint density at radius 3 is 2.83 bits per heavy atom. The summed E-state index contributed by atoms with van der Waals surface area (Å²) in [7, 11) is 0. The predicted molar refractivity (Wildman–Crippen MR) is 113 cm³/mol. The van der Waals surface area contributed by atoms with Gasteiger partial charge in [0.15, 0.2) is 0 Å². The van der Waals surface area contributed by atoms with E-state index in [4.69, 9.17) is 9.97 Å². The van der Waals surface area contributed by atoms with E-state index in [1.807, 2.05) is 37.1 Å². The van der Waals surface area contributed by atoms with Crippen LogP contribution in [0.5, 0.6) is 0 Å². The molecule has 3 heterocycles. The van der Waals surface area contributed by atoms with Crippen molar-refractivity contribution in [1.29, 1.82) is 0 Å². The Hall–Kier alpha value is -2.82. The van der Waals surface area contributed by atoms with Crippen LogP contribution in [-0.2, 0) is 11.8 Å². The van der Waals surface area contributed by atoms with Gasteiger partial charge in [-0.15, -0.1) is 0 Å². The molecule has 148 valence electrons. The van der Waals surface area contributed by atoms with Crippen LogP contribution in [0.25, 0.3) is 10.9 Å². The largest absolute Gasteiger partial charge is 0.338 e. The van der Waals surface area contributed by atoms with Crippen LogP contribution < -0.4 is 0 Å². The number of carbonyl (C=O) groups is 1. The third-order valence-corrected chi connectivity index (χ3v) is 6.62. The van der Waals surface area contributed by atoms with E-state index in [2.05, 4.69) is 24.0 Å². The van der Waals surface area contributed by atoms with Crippen LogP contribution in [0.4, 0.5) is 0 Å². The van der Waals surface area contributed by atoms with Gasteiger partial charge in [-0.3, -0.25) is 9.78 Å². The van der Waals surface area contributed by atoms with Crippen LogP contribution in [-0.4, -0.2) is 38.8 Å². The molecule has 0 saturated carbocycles. The zero-order chi connectivity index (χ0) is 20.2. The summed E-state index contributed by atoms with van der Waals surface area (Å²) in [4.78, 5) is 29.4. The fourth-order valence-corrected chi connectivity index (χ4v) is 5.11. The number of fused-ring (bicyclic) bond motifs is 3. The molecule has 1 aliphatic heterocycles. The maximum absolute atomic E-state index is 13.5. The maximum Gasteiger partial charge on any atom is 0.255 e. The molecule has 0 N–H and O–H groups in total. The quantitative estimate of drug-likeness (QED) is 0.633. The third kappa shape index (κ3) is 3.00. The molecule has 0 bridgehead atoms. The highest BCUT2D eigenvalue weighted by Crippen LogP contribution is 2.44. The molecular weight excluding hydrogens is 360 g/mol. The molecule has 5 rings (SSSR count). The standard InChI is InChI=1S/C24H26N4O/c1-15-5-6-21-19(11-15)12-20(16(2)26-21)23(29)28-10-4-8-24(14-28)9-7-18-13-25-17(3)27-22(18)24/h5-6,11-13H,4,7-10,14H2,1-3H3. The highest BCUT2D eigenvalue weighted by molar-refractivity contribution is 5.98. The number of piperidine rings is 1. The smallest absolute Gasteiger partial charge is 0.255 e. The Morgan fingerprint density at radius 1 is 1.10 bits per heavy atom. The van der Waals surface area contributed by atoms with Crippen molar-refractivity contribution in [2.45, 2.75) is 51.9 Å². The molecular formula is C24H26N4O. The van der Waals surface area contributed by atoms with Crippen LogP contribution in [0.1, 0.15) is 58.0 Å². The maximum atomic E-state index is 13.5. The topological polar surface area (TPSA) is 59.0 Å². The van der Waals surface area contributed by atoms with E-state index in [1.165, 1.54) is 16.8 Å². The Morgan fingerprint density at radius 2 is 1.97 bits per heavy atom. The van der Waals surface area contributed by atoms with Crippen molar-refractivity contribution in [3.05, 3.63) is 64.4 Å². The first-order chi connectivity index (χ1) is 13.9. The molecule has 5 nitrogen and oxygen atoms in total. The zero-order valence-corrected chi connectivity index (χ0v) is 17.3. The number of rotatable bonds is 1. The van der Waals surface area contributed by atoms with Gasteiger partial charge in [0.25, 0.3) is 5.91 Å². The lowest BCUT2D eigenvalue weighted by atomic mass is 9.77. The second-order valence-electron chi connectivity index (χ2n) is 8.72. The highest BCUT2D eigenvalue weighted by atomic mass is 16.2. The lowest BCUT2D eigenvalue weighted by molar-refractivity contribution is 0.0632. The molecule has 3 aromatic rings. The molecule has 1 aromatic carbocycles. The number of hydrogen-bond donors (Lipinski definition) is 0. The highest BCUT2D eigenvalue weighted by Gasteiger charge is 2.44. The van der Waals surface area contributed by atoms with Gasteiger partial charge in [0.1, 0.15) is 5.82 Å². The number of pyridine rings is 1. The van der Waals surface area contributed by atoms with E-state index in [1.54, 1.807) is 0 Å². The lowest BCUT2D eigenvalue weighted by Gasteiger charge is -2.40. The van der Waals surface area contributed by atoms with Gasteiger partial charge in [-0.05, 0) is 70.2 Å². The molecule has 1 unspecified atom stereocenters. The average Bonchev–Trinajstić information content (AvgIpc) is 3.04. The van der Waals surface area contributed by atoms with Crippen LogP contribution in [0.3, 0.4) is 0 Å². The van der Waals surface area contributed by atoms with Crippen LogP contribution in [0, 0.1) is 20.8 Å². The zero-order valence-electron chi connectivity index (χ0n) is 17.3. The molecule has 1 amide bonds. The minimum absolute atomic E-state index is 0.0221. The fourth-order valence-electron chi connectivity index (χ4n) is 5.11. The summed E-state index contributed by atoms with van der Waals surface area (Å²) in [5.74, 6) is 0.912. The van der Waals surface area contributed by atoms with E-state index in [-0.39, 0.29) is 11.3 Å². The van der Waals surface area contributed by atoms with E-state index in [0.717, 1.165) is 66.8 Å². The molecule has 29 heavy (non-hydrogen) atoms. The number of aryl methyl sites for hydroxylation is 4. The molecule has 5 heteroatoms. The van der Waals surface area contributed by atoms with Crippen LogP contribution in [0.2, 0.25) is 0 Å². The number of hydrogen-bond acceptors (Lipinski definition) is 4. The van der Waals surface area contributed by atoms with Crippen molar-refractivity contribution in [2.75, 3.05) is 13.1 Å². The first kappa shape index (κ1) is 18.2. The van der Waals surface area contributed by atoms with Crippen molar-refractivity contribution in [1.82, 2.24) is 19.9 Å². The summed E-state index contributed by atoms with van der Waals surface area (Å²) >= 11 is 0. The van der Waals surface area contributed by atoms with Gasteiger partial charge in [0, 0.05) is 30.1 Å². The molecule has 1 spiro atoms. The van der Waals surface area contributed by atoms with Gasteiger partial charge in [-0.25, -0.2) is 9.97 Å². The summed E-state index contributed by atoms with van der Waals surface area (Å²) < 4.78 is 0. The van der Waals surface area contributed by atoms with Gasteiger partial charge in [-0.1, -0.05) is 11.6 Å². The second kappa shape index (κ2) is 6.61. The lowest BCUT2D eigenvalue weighted by Crippen LogP contribution is -2.48. The number of carbonyl (C=O) groups excluding carboxylic acids is 1. The van der Waals surface area contributed by atoms with Crippen molar-refractivity contribution >= 4 is 16.8 Å². The van der Waals surface area contributed by atoms with Gasteiger partial charge < -0.3 is 4.90 Å². The van der Waals surface area contributed by atoms with Crippen molar-refractivity contribution in [3.8, 4) is 0 Å². The van der Waals surface area contributed by atoms with Gasteiger partial charge in [-0.2, -0.15) is 0 Å². The molecule has 2 aromatic heterocycles. The van der Waals surface area contributed by atoms with Crippen molar-refractivity contribution in [2.24, 2.45) is 0 Å². The van der Waals surface area contributed by atoms with Crippen molar-refractivity contribution < 1.29 is 4.79 Å². The SMILES string of the molecule is Cc1ccc2nc(C)c(C(=O)N3CCCC4(CCc5cnc(C)nc54)C3)cc2c1. The van der Waals surface area contributed by atoms with Crippen LogP contribution in [0.15, 0.2) is 30.5 Å². The molecule has 0 radical (unpaired) electrons. The first-order valence-corrected chi connectivity index (χ1v) is 10.5. The Balaban J connectivity index is 1.49. The fraction of sp³-hybridized carbons (Fsp3) is 0.417. The van der Waals surface area contributed by atoms with E-state index in [0.29, 0.717) is 0 Å². The minimum Gasteiger partial charge on any atom is -0.338 e. The van der Waals surface area contributed by atoms with E-state index < -0.39 is 0 Å². The Bertz CT molecular complexity index is 1140. The van der Waals surface area contributed by atoms with Gasteiger partial charge >= 0.3 is 0 Å². The molecule has 1 aliphatic carbocycles. The van der Waals surface area contributed by atoms with E-state index >= 15 is 0 Å². The van der Waals surface area contributed by atoms with Crippen LogP contribution >= 0.6 is 0 Å². The number of benzene rings is 1. The summed E-state index contributed by atoms with van der Waals surface area (Å²) in [5, 5.41) is 1.03. The van der Waals surface area contributed by atoms with Gasteiger partial charge in [0.2, 0.25) is 0 Å². The first-order valence-electron chi connectivity index (χ1n) is 10.5. The number of nitrogens with zero attached hydrogens (tertiary/aromatic N) is 4. The number of amides is 1.